The molecule has 0 radical (unpaired) electrons. The Hall–Kier alpha value is -7.16. The summed E-state index contributed by atoms with van der Waals surface area (Å²) in [6, 6.07) is 0. The highest BCUT2D eigenvalue weighted by atomic mass is 32.2. The molecule has 6 aliphatic heterocycles. The Balaban J connectivity index is -0.000000486. The minimum absolute atomic E-state index is 0.0270. The maximum atomic E-state index is 11.4. The Bertz CT molecular complexity index is 3230. The minimum Gasteiger partial charge on any atom is -0.481 e. The van der Waals surface area contributed by atoms with Crippen molar-refractivity contribution in [1.29, 1.82) is 0 Å². The second-order valence-electron chi connectivity index (χ2n) is 33.2. The van der Waals surface area contributed by atoms with Gasteiger partial charge >= 0.3 is 29.8 Å². The molecule has 7 rings (SSSR count). The van der Waals surface area contributed by atoms with E-state index < -0.39 is 57.1 Å². The zero-order valence-corrected chi connectivity index (χ0v) is 87.0. The summed E-state index contributed by atoms with van der Waals surface area (Å²) >= 11 is 0. The van der Waals surface area contributed by atoms with Crippen LogP contribution in [0.2, 0.25) is 0 Å². The summed E-state index contributed by atoms with van der Waals surface area (Å²) < 4.78 is 143. The fraction of sp³-hybridized carbons (Fsp3) is 0.798. The molecular formula is C94H170N2O44S. The highest BCUT2D eigenvalue weighted by molar-refractivity contribution is 7.86. The largest absolute Gasteiger partial charge is 0.481 e. The summed E-state index contributed by atoms with van der Waals surface area (Å²) in [4.78, 5) is 121. The molecular weight excluding hydrogens is 1890 g/mol. The van der Waals surface area contributed by atoms with E-state index in [9.17, 15) is 61.2 Å². The van der Waals surface area contributed by atoms with Crippen LogP contribution in [-0.4, -0.2) is 398 Å². The van der Waals surface area contributed by atoms with Crippen LogP contribution in [0.1, 0.15) is 213 Å². The summed E-state index contributed by atoms with van der Waals surface area (Å²) in [5, 5.41) is 55.6. The Morgan fingerprint density at radius 3 is 0.879 bits per heavy atom. The van der Waals surface area contributed by atoms with Gasteiger partial charge in [-0.15, -0.1) is 0 Å². The monoisotopic (exact) mass is 2060 g/mol. The fourth-order valence-corrected chi connectivity index (χ4v) is 10.3. The normalized spacial score (nSPS) is 16.9. The van der Waals surface area contributed by atoms with E-state index >= 15 is 0 Å². The number of allylic oxidation sites excluding steroid dienone is 2. The first kappa shape index (κ1) is 142. The first-order valence-corrected chi connectivity index (χ1v) is 48.9. The van der Waals surface area contributed by atoms with Crippen LogP contribution in [-0.2, 0) is 176 Å². The molecule has 826 valence electrons. The van der Waals surface area contributed by atoms with Gasteiger partial charge in [-0.25, -0.2) is 4.79 Å². The maximum absolute atomic E-state index is 11.4. The predicted molar refractivity (Wildman–Crippen MR) is 508 cm³/mol. The topological polar surface area (TPSA) is 592 Å². The van der Waals surface area contributed by atoms with Crippen LogP contribution in [0.4, 0.5) is 0 Å². The Morgan fingerprint density at radius 2 is 0.638 bits per heavy atom. The van der Waals surface area contributed by atoms with Gasteiger partial charge in [0.2, 0.25) is 0 Å². The number of ketones is 2. The minimum atomic E-state index is -3.35. The summed E-state index contributed by atoms with van der Waals surface area (Å²) in [6.45, 7) is 42.1. The summed E-state index contributed by atoms with van der Waals surface area (Å²) in [6.07, 6.45) is 23.0. The molecule has 0 spiro atoms. The van der Waals surface area contributed by atoms with E-state index in [2.05, 4.69) is 15.5 Å². The average Bonchev–Trinajstić information content (AvgIpc) is 1.75. The number of nitrogens with zero attached hydrogens (tertiary/aromatic N) is 2. The van der Waals surface area contributed by atoms with Crippen LogP contribution < -0.4 is 0 Å². The Morgan fingerprint density at radius 1 is 0.369 bits per heavy atom. The molecule has 4 amide bonds. The van der Waals surface area contributed by atoms with Crippen molar-refractivity contribution in [2.24, 2.45) is 0 Å². The number of hydrogen-bond donors (Lipinski definition) is 7. The van der Waals surface area contributed by atoms with Crippen molar-refractivity contribution >= 4 is 75.2 Å². The van der Waals surface area contributed by atoms with Crippen LogP contribution in [0.25, 0.3) is 0 Å². The van der Waals surface area contributed by atoms with Gasteiger partial charge in [0.15, 0.2) is 36.7 Å². The second kappa shape index (κ2) is 95.1. The smallest absolute Gasteiger partial charge is 0.330 e. The SMILES string of the molecule is C=CC(=O)OC(C)(C)C.CC(C)(C)OC(=O)CCOCCOCN1C(=O)C=CC1=O.CC(C)(C)OC(=O)CCOCCOCO.CCOCCO.CCOCCOC1CCCCO1.CCOCCOCCC(=O)OC(C)(C)C.CS(=O)(=O)OCCOC1CCCCO1.O=C(O)CCOCCOCN1C(=O)C=CC1=O.O=C1C=CC(=O)C1.OCCOC1CCCCO1.OCO.OCOCCOC1CCCCO1. The van der Waals surface area contributed by atoms with Crippen molar-refractivity contribution in [3.63, 3.8) is 0 Å². The van der Waals surface area contributed by atoms with Crippen molar-refractivity contribution in [2.75, 3.05) is 232 Å². The highest BCUT2D eigenvalue weighted by Gasteiger charge is 2.26. The fourth-order valence-electron chi connectivity index (χ4n) is 9.95. The van der Waals surface area contributed by atoms with E-state index in [1.165, 1.54) is 62.1 Å². The molecule has 47 heteroatoms. The van der Waals surface area contributed by atoms with E-state index in [4.69, 9.17) is 140 Å². The number of carbonyl (C=O) groups is 11. The highest BCUT2D eigenvalue weighted by Crippen LogP contribution is 2.18. The second-order valence-corrected chi connectivity index (χ2v) is 34.8. The molecule has 1 aliphatic carbocycles. The zero-order chi connectivity index (χ0) is 107. The number of aliphatic hydroxyl groups excluding tert-OH is 5. The van der Waals surface area contributed by atoms with Gasteiger partial charge < -0.3 is 145 Å². The number of carboxylic acids is 1. The van der Waals surface area contributed by atoms with E-state index in [1.807, 2.05) is 83.1 Å². The van der Waals surface area contributed by atoms with E-state index in [0.717, 1.165) is 107 Å². The Kier molecular flexibility index (Phi) is 95.9. The lowest BCUT2D eigenvalue weighted by molar-refractivity contribution is -0.172. The molecule has 4 saturated heterocycles. The predicted octanol–water partition coefficient (Wildman–Crippen LogP) is 6.12. The van der Waals surface area contributed by atoms with E-state index in [-0.39, 0.29) is 191 Å². The summed E-state index contributed by atoms with van der Waals surface area (Å²) in [7, 11) is -3.35. The molecule has 0 aromatic carbocycles. The molecule has 141 heavy (non-hydrogen) atoms. The van der Waals surface area contributed by atoms with Crippen molar-refractivity contribution in [2.45, 2.75) is 261 Å². The number of esters is 4. The zero-order valence-electron chi connectivity index (χ0n) is 86.2. The van der Waals surface area contributed by atoms with Crippen LogP contribution >= 0.6 is 0 Å². The number of imide groups is 2. The lowest BCUT2D eigenvalue weighted by Gasteiger charge is -2.22. The molecule has 6 heterocycles. The quantitative estimate of drug-likeness (QED) is 0.00527. The van der Waals surface area contributed by atoms with E-state index in [0.29, 0.717) is 98.9 Å². The molecule has 7 N–H and O–H groups in total. The lowest BCUT2D eigenvalue weighted by Crippen LogP contribution is -2.32. The third kappa shape index (κ3) is 108. The number of amides is 4. The van der Waals surface area contributed by atoms with Gasteiger partial charge in [0.05, 0.1) is 184 Å². The van der Waals surface area contributed by atoms with Gasteiger partial charge in [-0.2, -0.15) is 8.42 Å². The van der Waals surface area contributed by atoms with Crippen LogP contribution in [0.15, 0.2) is 49.1 Å². The van der Waals surface area contributed by atoms with Gasteiger partial charge in [-0.3, -0.25) is 61.9 Å². The first-order valence-electron chi connectivity index (χ1n) is 47.1. The van der Waals surface area contributed by atoms with Crippen molar-refractivity contribution in [1.82, 2.24) is 9.80 Å². The van der Waals surface area contributed by atoms with Gasteiger partial charge in [0.25, 0.3) is 33.7 Å². The first-order chi connectivity index (χ1) is 66.8. The molecule has 4 unspecified atom stereocenters. The van der Waals surface area contributed by atoms with Crippen molar-refractivity contribution in [3.05, 3.63) is 49.1 Å². The third-order valence-corrected chi connectivity index (χ3v) is 16.5. The molecule has 0 saturated carbocycles. The number of carbonyl (C=O) groups excluding carboxylic acids is 10. The van der Waals surface area contributed by atoms with Gasteiger partial charge in [0.1, 0.15) is 56.2 Å². The maximum Gasteiger partial charge on any atom is 0.330 e. The number of ether oxygens (including phenoxy) is 23. The van der Waals surface area contributed by atoms with Crippen LogP contribution in [0.5, 0.6) is 0 Å². The van der Waals surface area contributed by atoms with Gasteiger partial charge in [-0.1, -0.05) is 6.58 Å². The van der Waals surface area contributed by atoms with Crippen LogP contribution in [0.3, 0.4) is 0 Å². The Labute approximate surface area is 832 Å². The molecule has 4 fully saturated rings. The summed E-state index contributed by atoms with van der Waals surface area (Å²) in [5.74, 6) is -3.84. The number of hydrogen-bond acceptors (Lipinski definition) is 43. The number of rotatable bonds is 52. The van der Waals surface area contributed by atoms with Crippen LogP contribution in [0, 0.1) is 0 Å². The molecule has 7 aliphatic rings. The lowest BCUT2D eigenvalue weighted by atomic mass is 10.2. The number of aliphatic carboxylic acids is 1. The number of aliphatic hydroxyl groups is 6. The molecule has 46 nitrogen and oxygen atoms in total. The molecule has 0 aromatic rings. The molecule has 0 bridgehead atoms. The van der Waals surface area contributed by atoms with Gasteiger partial charge in [0, 0.05) is 76.6 Å². The van der Waals surface area contributed by atoms with E-state index in [1.54, 1.807) is 20.8 Å². The summed E-state index contributed by atoms with van der Waals surface area (Å²) in [5.41, 5.74) is -1.76. The third-order valence-electron chi connectivity index (χ3n) is 15.9. The van der Waals surface area contributed by atoms with Gasteiger partial charge in [-0.05, 0) is 193 Å². The van der Waals surface area contributed by atoms with Crippen molar-refractivity contribution in [3.8, 4) is 0 Å². The number of carboxylic acid groups (broad SMARTS) is 1. The standard InChI is InChI=1S/C14H21NO6.C11H22O4.C10H13NO6.C10H20O5.C9H18O3.C8H16O5S.C8H16O4.C7H14O3.C7H12O2.C5H4O2.C4H10O2.CH4O2/c1-14(2,3)21-13(18)6-7-19-8-9-20-10-15-11(16)4-5-12(15)17;1-5-13-8-9-14-7-6-10(12)15-11(2,3)4;12-8-1-2-9(13)11(8)7-17-6-5-16-4-3-10(14)15;1-10(2,3)15-9(12)4-5-13-6-7-14-8-11;1-2-10-7-8-12-9-5-3-4-6-11-9;1-14(9,10)13-7-6-12-8-4-2-3-5-11-8;9-7-10-5-6-12-8-3-1-2-4-11-8;8-4-6-10-7-3-1-2-5-9-7;1-5-6(8)9-7(2,3)4;6-4-1-2-5(7)3-4;1-2-6-4-3-5;2-1-3/h4-5H,6-10H2,1-3H3;5-9H2,1-4H3;1-2H,3-7H2,(H,14,15);11H,4-8H2,1-3H3;9H,2-8H2,1H3;8H,2-7H2,1H3;8-9H,1-7H2;7-8H,1-6H2;5H,1H2,2-4H3;1-2H,3H2;5H,2-4H2,1H3;2-3H,1H2. The average molecular weight is 2060 g/mol. The molecule has 4 atom stereocenters. The van der Waals surface area contributed by atoms with Crippen molar-refractivity contribution < 1.29 is 210 Å². The molecule has 0 aromatic heterocycles.